The SMILES string of the molecule is CCOc1cc(CNc2ccc(NC(C)=O)cc2)cc(Cl)c1OCc1cccc(Cl)c1. The van der Waals surface area contributed by atoms with Crippen LogP contribution in [0.25, 0.3) is 0 Å². The molecule has 0 aromatic heterocycles. The van der Waals surface area contributed by atoms with Crippen LogP contribution in [0.5, 0.6) is 11.5 Å². The van der Waals surface area contributed by atoms with Crippen molar-refractivity contribution in [3.05, 3.63) is 81.8 Å². The third-order valence-corrected chi connectivity index (χ3v) is 4.86. The highest BCUT2D eigenvalue weighted by molar-refractivity contribution is 6.32. The number of carbonyl (C=O) groups is 1. The Labute approximate surface area is 192 Å². The molecule has 3 aromatic carbocycles. The van der Waals surface area contributed by atoms with E-state index in [4.69, 9.17) is 32.7 Å². The molecule has 7 heteroatoms. The molecule has 5 nitrogen and oxygen atoms in total. The number of rotatable bonds is 9. The Bertz CT molecular complexity index is 1040. The fourth-order valence-electron chi connectivity index (χ4n) is 2.99. The van der Waals surface area contributed by atoms with Crippen molar-refractivity contribution in [2.24, 2.45) is 0 Å². The van der Waals surface area contributed by atoms with Crippen LogP contribution in [0, 0.1) is 0 Å². The van der Waals surface area contributed by atoms with Crippen molar-refractivity contribution in [1.82, 2.24) is 0 Å². The second kappa shape index (κ2) is 10.9. The Kier molecular flexibility index (Phi) is 8.04. The Balaban J connectivity index is 1.69. The first-order valence-electron chi connectivity index (χ1n) is 9.88. The summed E-state index contributed by atoms with van der Waals surface area (Å²) in [6.45, 7) is 4.77. The van der Waals surface area contributed by atoms with Crippen LogP contribution < -0.4 is 20.1 Å². The first kappa shape index (κ1) is 22.8. The molecule has 162 valence electrons. The maximum absolute atomic E-state index is 11.1. The third-order valence-electron chi connectivity index (χ3n) is 4.34. The highest BCUT2D eigenvalue weighted by atomic mass is 35.5. The summed E-state index contributed by atoms with van der Waals surface area (Å²) in [5.74, 6) is 0.998. The predicted octanol–water partition coefficient (Wildman–Crippen LogP) is 6.54. The van der Waals surface area contributed by atoms with Crippen molar-refractivity contribution in [2.45, 2.75) is 27.0 Å². The highest BCUT2D eigenvalue weighted by Crippen LogP contribution is 2.37. The quantitative estimate of drug-likeness (QED) is 0.381. The lowest BCUT2D eigenvalue weighted by Crippen LogP contribution is -2.06. The molecule has 0 heterocycles. The van der Waals surface area contributed by atoms with E-state index in [1.165, 1.54) is 6.92 Å². The summed E-state index contributed by atoms with van der Waals surface area (Å²) in [6, 6.07) is 18.8. The predicted molar refractivity (Wildman–Crippen MR) is 126 cm³/mol. The molecule has 3 rings (SSSR count). The van der Waals surface area contributed by atoms with Crippen LogP contribution in [0.2, 0.25) is 10.0 Å². The van der Waals surface area contributed by atoms with Crippen LogP contribution in [0.15, 0.2) is 60.7 Å². The molecule has 2 N–H and O–H groups in total. The summed E-state index contributed by atoms with van der Waals surface area (Å²) in [7, 11) is 0. The Hall–Kier alpha value is -2.89. The molecule has 0 fully saturated rings. The van der Waals surface area contributed by atoms with Crippen LogP contribution >= 0.6 is 23.2 Å². The lowest BCUT2D eigenvalue weighted by molar-refractivity contribution is -0.114. The first-order valence-corrected chi connectivity index (χ1v) is 10.6. The number of amides is 1. The zero-order valence-corrected chi connectivity index (χ0v) is 18.9. The van der Waals surface area contributed by atoms with E-state index >= 15 is 0 Å². The minimum Gasteiger partial charge on any atom is -0.490 e. The van der Waals surface area contributed by atoms with Crippen LogP contribution in [-0.4, -0.2) is 12.5 Å². The summed E-state index contributed by atoms with van der Waals surface area (Å²) >= 11 is 12.6. The van der Waals surface area contributed by atoms with E-state index < -0.39 is 0 Å². The molecule has 0 saturated heterocycles. The normalized spacial score (nSPS) is 10.5. The van der Waals surface area contributed by atoms with Crippen molar-refractivity contribution in [3.8, 4) is 11.5 Å². The number of anilines is 2. The average Bonchev–Trinajstić information content (AvgIpc) is 2.72. The number of benzene rings is 3. The zero-order valence-electron chi connectivity index (χ0n) is 17.4. The van der Waals surface area contributed by atoms with Crippen LogP contribution in [-0.2, 0) is 17.9 Å². The van der Waals surface area contributed by atoms with Crippen LogP contribution in [0.4, 0.5) is 11.4 Å². The lowest BCUT2D eigenvalue weighted by Gasteiger charge is -2.16. The molecule has 0 aliphatic heterocycles. The second-order valence-corrected chi connectivity index (χ2v) is 7.71. The zero-order chi connectivity index (χ0) is 22.2. The van der Waals surface area contributed by atoms with E-state index in [1.54, 1.807) is 0 Å². The standard InChI is InChI=1S/C24H24Cl2N2O3/c1-3-30-23-13-18(14-27-20-7-9-21(10-8-20)28-16(2)29)12-22(26)24(23)31-15-17-5-4-6-19(25)11-17/h4-13,27H,3,14-15H2,1-2H3,(H,28,29). The third kappa shape index (κ3) is 6.81. The molecule has 0 unspecified atom stereocenters. The van der Waals surface area contributed by atoms with E-state index in [2.05, 4.69) is 10.6 Å². The number of halogens is 2. The Morgan fingerprint density at radius 2 is 1.68 bits per heavy atom. The summed E-state index contributed by atoms with van der Waals surface area (Å²) in [5, 5.41) is 7.22. The van der Waals surface area contributed by atoms with Gasteiger partial charge in [-0.25, -0.2) is 0 Å². The molecule has 0 aliphatic carbocycles. The molecule has 0 bridgehead atoms. The van der Waals surface area contributed by atoms with Crippen molar-refractivity contribution < 1.29 is 14.3 Å². The van der Waals surface area contributed by atoms with Gasteiger partial charge in [0, 0.05) is 29.9 Å². The molecule has 3 aromatic rings. The molecule has 0 saturated carbocycles. The summed E-state index contributed by atoms with van der Waals surface area (Å²) in [4.78, 5) is 11.1. The molecular weight excluding hydrogens is 435 g/mol. The summed E-state index contributed by atoms with van der Waals surface area (Å²) in [6.07, 6.45) is 0. The molecule has 0 atom stereocenters. The fourth-order valence-corrected chi connectivity index (χ4v) is 3.49. The van der Waals surface area contributed by atoms with Gasteiger partial charge in [-0.15, -0.1) is 0 Å². The van der Waals surface area contributed by atoms with Crippen molar-refractivity contribution in [3.63, 3.8) is 0 Å². The van der Waals surface area contributed by atoms with Gasteiger partial charge < -0.3 is 20.1 Å². The van der Waals surface area contributed by atoms with Gasteiger partial charge in [-0.05, 0) is 66.6 Å². The van der Waals surface area contributed by atoms with Crippen LogP contribution in [0.3, 0.4) is 0 Å². The van der Waals surface area contributed by atoms with Gasteiger partial charge in [-0.3, -0.25) is 4.79 Å². The fraction of sp³-hybridized carbons (Fsp3) is 0.208. The van der Waals surface area contributed by atoms with Gasteiger partial charge in [0.05, 0.1) is 11.6 Å². The summed E-state index contributed by atoms with van der Waals surface area (Å²) < 4.78 is 11.7. The van der Waals surface area contributed by atoms with Crippen molar-refractivity contribution in [1.29, 1.82) is 0 Å². The van der Waals surface area contributed by atoms with Gasteiger partial charge in [0.1, 0.15) is 6.61 Å². The van der Waals surface area contributed by atoms with E-state index in [0.29, 0.717) is 41.3 Å². The van der Waals surface area contributed by atoms with E-state index in [0.717, 1.165) is 22.5 Å². The number of nitrogens with one attached hydrogen (secondary N) is 2. The summed E-state index contributed by atoms with van der Waals surface area (Å²) in [5.41, 5.74) is 3.57. The van der Waals surface area contributed by atoms with Crippen LogP contribution in [0.1, 0.15) is 25.0 Å². The molecule has 0 spiro atoms. The largest absolute Gasteiger partial charge is 0.490 e. The van der Waals surface area contributed by atoms with Crippen molar-refractivity contribution in [2.75, 3.05) is 17.2 Å². The minimum absolute atomic E-state index is 0.100. The highest BCUT2D eigenvalue weighted by Gasteiger charge is 2.13. The smallest absolute Gasteiger partial charge is 0.221 e. The number of carbonyl (C=O) groups excluding carboxylic acids is 1. The Morgan fingerprint density at radius 1 is 0.935 bits per heavy atom. The Morgan fingerprint density at radius 3 is 2.35 bits per heavy atom. The number of hydrogen-bond acceptors (Lipinski definition) is 4. The van der Waals surface area contributed by atoms with Gasteiger partial charge in [-0.2, -0.15) is 0 Å². The van der Waals surface area contributed by atoms with E-state index in [1.807, 2.05) is 67.6 Å². The first-order chi connectivity index (χ1) is 14.9. The topological polar surface area (TPSA) is 59.6 Å². The molecular formula is C24H24Cl2N2O3. The van der Waals surface area contributed by atoms with E-state index in [-0.39, 0.29) is 5.91 Å². The second-order valence-electron chi connectivity index (χ2n) is 6.87. The van der Waals surface area contributed by atoms with Gasteiger partial charge in [0.2, 0.25) is 5.91 Å². The van der Waals surface area contributed by atoms with Gasteiger partial charge in [0.15, 0.2) is 11.5 Å². The van der Waals surface area contributed by atoms with Gasteiger partial charge in [0.25, 0.3) is 0 Å². The number of ether oxygens (including phenoxy) is 2. The number of hydrogen-bond donors (Lipinski definition) is 2. The molecule has 0 radical (unpaired) electrons. The maximum atomic E-state index is 11.1. The average molecular weight is 459 g/mol. The molecule has 0 aliphatic rings. The monoisotopic (exact) mass is 458 g/mol. The minimum atomic E-state index is -0.100. The van der Waals surface area contributed by atoms with E-state index in [9.17, 15) is 4.79 Å². The van der Waals surface area contributed by atoms with Gasteiger partial charge in [-0.1, -0.05) is 35.3 Å². The van der Waals surface area contributed by atoms with Crippen molar-refractivity contribution >= 4 is 40.5 Å². The molecule has 1 amide bonds. The lowest BCUT2D eigenvalue weighted by atomic mass is 10.2. The molecule has 31 heavy (non-hydrogen) atoms. The maximum Gasteiger partial charge on any atom is 0.221 e. The van der Waals surface area contributed by atoms with Gasteiger partial charge >= 0.3 is 0 Å².